The van der Waals surface area contributed by atoms with Crippen molar-refractivity contribution in [2.75, 3.05) is 12.3 Å². The van der Waals surface area contributed by atoms with Gasteiger partial charge in [-0.25, -0.2) is 0 Å². The van der Waals surface area contributed by atoms with E-state index in [0.717, 1.165) is 0 Å². The molecule has 0 unspecified atom stereocenters. The van der Waals surface area contributed by atoms with Gasteiger partial charge < -0.3 is 16.2 Å². The zero-order valence-corrected chi connectivity index (χ0v) is 8.99. The molecule has 0 bridgehead atoms. The molecule has 0 aliphatic rings. The molecule has 0 atom stereocenters. The number of anilines is 1. The molecule has 5 nitrogen and oxygen atoms in total. The van der Waals surface area contributed by atoms with Gasteiger partial charge in [0, 0.05) is 17.8 Å². The zero-order valence-electron chi connectivity index (χ0n) is 8.99. The summed E-state index contributed by atoms with van der Waals surface area (Å²) in [4.78, 5) is 21.9. The fourth-order valence-corrected chi connectivity index (χ4v) is 1.28. The molecule has 5 heteroatoms. The minimum Gasteiger partial charge on any atom is -0.481 e. The molecule has 0 radical (unpaired) electrons. The number of nitrogens with one attached hydrogen (secondary N) is 1. The Bertz CT molecular complexity index is 416. The highest BCUT2D eigenvalue weighted by Crippen LogP contribution is 2.14. The van der Waals surface area contributed by atoms with Gasteiger partial charge in [-0.3, -0.25) is 9.59 Å². The molecule has 0 aromatic heterocycles. The third kappa shape index (κ3) is 2.98. The molecule has 4 N–H and O–H groups in total. The molecule has 86 valence electrons. The molecule has 0 aliphatic heterocycles. The first kappa shape index (κ1) is 12.0. The van der Waals surface area contributed by atoms with Crippen molar-refractivity contribution in [3.8, 4) is 0 Å². The molecule has 16 heavy (non-hydrogen) atoms. The van der Waals surface area contributed by atoms with Crippen LogP contribution in [0.2, 0.25) is 0 Å². The molecule has 0 saturated carbocycles. The van der Waals surface area contributed by atoms with Gasteiger partial charge in [0.2, 0.25) is 0 Å². The van der Waals surface area contributed by atoms with Crippen molar-refractivity contribution in [2.45, 2.75) is 13.3 Å². The summed E-state index contributed by atoms with van der Waals surface area (Å²) in [7, 11) is 0. The lowest BCUT2D eigenvalue weighted by Gasteiger charge is -2.08. The third-order valence-electron chi connectivity index (χ3n) is 2.24. The first-order chi connectivity index (χ1) is 7.52. The Morgan fingerprint density at radius 3 is 2.75 bits per heavy atom. The van der Waals surface area contributed by atoms with Crippen LogP contribution >= 0.6 is 0 Å². The summed E-state index contributed by atoms with van der Waals surface area (Å²) < 4.78 is 0. The van der Waals surface area contributed by atoms with Gasteiger partial charge in [0.1, 0.15) is 0 Å². The van der Waals surface area contributed by atoms with Crippen LogP contribution in [0.15, 0.2) is 18.2 Å². The lowest BCUT2D eigenvalue weighted by atomic mass is 10.1. The van der Waals surface area contributed by atoms with E-state index in [-0.39, 0.29) is 18.9 Å². The molecule has 0 heterocycles. The maximum atomic E-state index is 11.6. The Balaban J connectivity index is 2.66. The number of carboxylic acids is 1. The highest BCUT2D eigenvalue weighted by Gasteiger charge is 2.10. The van der Waals surface area contributed by atoms with Crippen molar-refractivity contribution in [1.82, 2.24) is 5.32 Å². The van der Waals surface area contributed by atoms with E-state index < -0.39 is 5.97 Å². The van der Waals surface area contributed by atoms with Crippen molar-refractivity contribution in [3.63, 3.8) is 0 Å². The second-order valence-corrected chi connectivity index (χ2v) is 3.42. The molecule has 1 aromatic rings. The standard InChI is InChI=1S/C11H14N2O3/c1-7-8(3-2-4-9(7)12)11(16)13-6-5-10(14)15/h2-4H,5-6,12H2,1H3,(H,13,16)(H,14,15). The summed E-state index contributed by atoms with van der Waals surface area (Å²) in [5.41, 5.74) is 7.39. The average Bonchev–Trinajstić information content (AvgIpc) is 2.21. The van der Waals surface area contributed by atoms with Gasteiger partial charge in [0.05, 0.1) is 6.42 Å². The van der Waals surface area contributed by atoms with Crippen LogP contribution in [0.3, 0.4) is 0 Å². The SMILES string of the molecule is Cc1c(N)cccc1C(=O)NCCC(=O)O. The number of carbonyl (C=O) groups excluding carboxylic acids is 1. The zero-order chi connectivity index (χ0) is 12.1. The lowest BCUT2D eigenvalue weighted by Crippen LogP contribution is -2.26. The van der Waals surface area contributed by atoms with Crippen molar-refractivity contribution in [1.29, 1.82) is 0 Å². The fraction of sp³-hybridized carbons (Fsp3) is 0.273. The first-order valence-electron chi connectivity index (χ1n) is 4.87. The predicted molar refractivity (Wildman–Crippen MR) is 60.2 cm³/mol. The van der Waals surface area contributed by atoms with Crippen LogP contribution in [-0.2, 0) is 4.79 Å². The van der Waals surface area contributed by atoms with Crippen LogP contribution in [0.25, 0.3) is 0 Å². The Labute approximate surface area is 93.3 Å². The van der Waals surface area contributed by atoms with Gasteiger partial charge in [-0.05, 0) is 24.6 Å². The van der Waals surface area contributed by atoms with E-state index in [0.29, 0.717) is 16.8 Å². The quantitative estimate of drug-likeness (QED) is 0.656. The van der Waals surface area contributed by atoms with Crippen LogP contribution in [-0.4, -0.2) is 23.5 Å². The summed E-state index contributed by atoms with van der Waals surface area (Å²) in [6.45, 7) is 1.86. The molecule has 0 spiro atoms. The molecule has 0 aliphatic carbocycles. The van der Waals surface area contributed by atoms with Crippen LogP contribution in [0.4, 0.5) is 5.69 Å². The predicted octanol–water partition coefficient (Wildman–Crippen LogP) is 0.782. The van der Waals surface area contributed by atoms with Crippen LogP contribution in [0.5, 0.6) is 0 Å². The third-order valence-corrected chi connectivity index (χ3v) is 2.24. The van der Waals surface area contributed by atoms with E-state index in [1.165, 1.54) is 0 Å². The number of amides is 1. The van der Waals surface area contributed by atoms with Crippen molar-refractivity contribution in [3.05, 3.63) is 29.3 Å². The normalized spacial score (nSPS) is 9.81. The molecule has 1 amide bonds. The number of carbonyl (C=O) groups is 2. The second-order valence-electron chi connectivity index (χ2n) is 3.42. The van der Waals surface area contributed by atoms with Gasteiger partial charge in [0.25, 0.3) is 5.91 Å². The fourth-order valence-electron chi connectivity index (χ4n) is 1.28. The number of hydrogen-bond donors (Lipinski definition) is 3. The van der Waals surface area contributed by atoms with Gasteiger partial charge in [0.15, 0.2) is 0 Å². The molecule has 0 fully saturated rings. The Kier molecular flexibility index (Phi) is 3.88. The molecular weight excluding hydrogens is 208 g/mol. The minimum atomic E-state index is -0.940. The Hall–Kier alpha value is -2.04. The second kappa shape index (κ2) is 5.16. The average molecular weight is 222 g/mol. The first-order valence-corrected chi connectivity index (χ1v) is 4.87. The molecule has 1 rings (SSSR count). The largest absolute Gasteiger partial charge is 0.481 e. The molecule has 1 aromatic carbocycles. The van der Waals surface area contributed by atoms with Crippen molar-refractivity contribution < 1.29 is 14.7 Å². The van der Waals surface area contributed by atoms with Gasteiger partial charge >= 0.3 is 5.97 Å². The van der Waals surface area contributed by atoms with E-state index in [1.54, 1.807) is 25.1 Å². The summed E-state index contributed by atoms with van der Waals surface area (Å²) in [5.74, 6) is -1.24. The maximum absolute atomic E-state index is 11.6. The van der Waals surface area contributed by atoms with Crippen LogP contribution in [0, 0.1) is 6.92 Å². The monoisotopic (exact) mass is 222 g/mol. The molecule has 0 saturated heterocycles. The molecular formula is C11H14N2O3. The van der Waals surface area contributed by atoms with E-state index in [4.69, 9.17) is 10.8 Å². The lowest BCUT2D eigenvalue weighted by molar-refractivity contribution is -0.136. The van der Waals surface area contributed by atoms with Gasteiger partial charge in [-0.1, -0.05) is 6.07 Å². The number of aliphatic carboxylic acids is 1. The number of rotatable bonds is 4. The number of carboxylic acid groups (broad SMARTS) is 1. The number of nitrogens with two attached hydrogens (primary N) is 1. The number of benzene rings is 1. The van der Waals surface area contributed by atoms with E-state index >= 15 is 0 Å². The smallest absolute Gasteiger partial charge is 0.305 e. The summed E-state index contributed by atoms with van der Waals surface area (Å²) >= 11 is 0. The van der Waals surface area contributed by atoms with Gasteiger partial charge in [-0.15, -0.1) is 0 Å². The maximum Gasteiger partial charge on any atom is 0.305 e. The van der Waals surface area contributed by atoms with E-state index in [2.05, 4.69) is 5.32 Å². The summed E-state index contributed by atoms with van der Waals surface area (Å²) in [6.07, 6.45) is -0.0902. The number of nitrogen functional groups attached to an aromatic ring is 1. The van der Waals surface area contributed by atoms with Crippen LogP contribution in [0.1, 0.15) is 22.3 Å². The summed E-state index contributed by atoms with van der Waals surface area (Å²) in [5, 5.41) is 10.9. The minimum absolute atomic E-state index is 0.0902. The topological polar surface area (TPSA) is 92.4 Å². The van der Waals surface area contributed by atoms with Crippen LogP contribution < -0.4 is 11.1 Å². The van der Waals surface area contributed by atoms with E-state index in [1.807, 2.05) is 0 Å². The summed E-state index contributed by atoms with van der Waals surface area (Å²) in [6, 6.07) is 5.06. The van der Waals surface area contributed by atoms with Crippen molar-refractivity contribution >= 4 is 17.6 Å². The van der Waals surface area contributed by atoms with Gasteiger partial charge in [-0.2, -0.15) is 0 Å². The van der Waals surface area contributed by atoms with Crippen molar-refractivity contribution in [2.24, 2.45) is 0 Å². The highest BCUT2D eigenvalue weighted by molar-refractivity contribution is 5.96. The number of hydrogen-bond acceptors (Lipinski definition) is 3. The Morgan fingerprint density at radius 2 is 2.12 bits per heavy atom. The Morgan fingerprint density at radius 1 is 1.44 bits per heavy atom. The van der Waals surface area contributed by atoms with E-state index in [9.17, 15) is 9.59 Å². The highest BCUT2D eigenvalue weighted by atomic mass is 16.4.